The van der Waals surface area contributed by atoms with Crippen molar-refractivity contribution in [3.05, 3.63) is 35.4 Å². The first-order valence-electron chi connectivity index (χ1n) is 7.97. The number of hydrogen-bond donors (Lipinski definition) is 2. The molecule has 0 radical (unpaired) electrons. The first-order chi connectivity index (χ1) is 10.2. The Labute approximate surface area is 127 Å². The van der Waals surface area contributed by atoms with Crippen LogP contribution in [0.4, 0.5) is 0 Å². The lowest BCUT2D eigenvalue weighted by Gasteiger charge is -2.33. The third kappa shape index (κ3) is 5.14. The van der Waals surface area contributed by atoms with Gasteiger partial charge in [-0.05, 0) is 37.4 Å². The first-order valence-corrected chi connectivity index (χ1v) is 7.97. The average Bonchev–Trinajstić information content (AvgIpc) is 2.49. The van der Waals surface area contributed by atoms with Crippen molar-refractivity contribution >= 4 is 5.91 Å². The molecule has 0 saturated carbocycles. The molecule has 1 amide bonds. The molecule has 1 atom stereocenters. The van der Waals surface area contributed by atoms with Crippen LogP contribution in [0.1, 0.15) is 43.7 Å². The molecule has 4 heteroatoms. The van der Waals surface area contributed by atoms with Crippen LogP contribution < -0.4 is 11.1 Å². The van der Waals surface area contributed by atoms with Crippen molar-refractivity contribution in [2.45, 2.75) is 51.7 Å². The van der Waals surface area contributed by atoms with E-state index >= 15 is 0 Å². The lowest BCUT2D eigenvalue weighted by atomic mass is 10.0. The van der Waals surface area contributed by atoms with Crippen molar-refractivity contribution in [3.8, 4) is 0 Å². The van der Waals surface area contributed by atoms with Gasteiger partial charge in [-0.3, -0.25) is 9.69 Å². The fourth-order valence-corrected chi connectivity index (χ4v) is 2.81. The molecule has 0 bridgehead atoms. The van der Waals surface area contributed by atoms with Crippen LogP contribution in [0.3, 0.4) is 0 Å². The molecular formula is C17H27N3O. The van der Waals surface area contributed by atoms with Crippen LogP contribution in [0.2, 0.25) is 0 Å². The molecule has 2 rings (SSSR count). The first kappa shape index (κ1) is 16.0. The maximum absolute atomic E-state index is 11.4. The summed E-state index contributed by atoms with van der Waals surface area (Å²) >= 11 is 0. The van der Waals surface area contributed by atoms with Crippen LogP contribution in [-0.2, 0) is 17.9 Å². The zero-order chi connectivity index (χ0) is 15.1. The average molecular weight is 289 g/mol. The molecular weight excluding hydrogens is 262 g/mol. The van der Waals surface area contributed by atoms with E-state index in [4.69, 9.17) is 5.73 Å². The molecule has 1 fully saturated rings. The Balaban J connectivity index is 1.82. The third-order valence-corrected chi connectivity index (χ3v) is 4.21. The zero-order valence-corrected chi connectivity index (χ0v) is 13.0. The van der Waals surface area contributed by atoms with Gasteiger partial charge in [0.15, 0.2) is 0 Å². The standard InChI is InChI=1S/C17H27N3O/c1-14-4-2-3-11-20(14)13-16-7-5-15(6-8-16)12-19-17(21)9-10-18/h5-8,14H,2-4,9-13,18H2,1H3,(H,19,21). The van der Waals surface area contributed by atoms with Crippen LogP contribution in [0.5, 0.6) is 0 Å². The molecule has 1 aromatic rings. The quantitative estimate of drug-likeness (QED) is 0.842. The minimum atomic E-state index is 0.0173. The van der Waals surface area contributed by atoms with Crippen LogP contribution in [-0.4, -0.2) is 29.9 Å². The van der Waals surface area contributed by atoms with Crippen LogP contribution >= 0.6 is 0 Å². The maximum Gasteiger partial charge on any atom is 0.221 e. The lowest BCUT2D eigenvalue weighted by molar-refractivity contribution is -0.121. The summed E-state index contributed by atoms with van der Waals surface area (Å²) in [6.45, 7) is 5.54. The van der Waals surface area contributed by atoms with E-state index in [0.717, 1.165) is 12.1 Å². The lowest BCUT2D eigenvalue weighted by Crippen LogP contribution is -2.36. The van der Waals surface area contributed by atoms with Gasteiger partial charge in [-0.15, -0.1) is 0 Å². The van der Waals surface area contributed by atoms with Crippen LogP contribution in [0.25, 0.3) is 0 Å². The molecule has 1 saturated heterocycles. The minimum absolute atomic E-state index is 0.0173. The van der Waals surface area contributed by atoms with Gasteiger partial charge in [0.25, 0.3) is 0 Å². The number of likely N-dealkylation sites (tertiary alicyclic amines) is 1. The van der Waals surface area contributed by atoms with E-state index in [1.807, 2.05) is 0 Å². The molecule has 4 nitrogen and oxygen atoms in total. The Kier molecular flexibility index (Phi) is 6.21. The number of nitrogens with two attached hydrogens (primary N) is 1. The molecule has 0 aromatic heterocycles. The summed E-state index contributed by atoms with van der Waals surface area (Å²) < 4.78 is 0. The molecule has 1 aliphatic rings. The molecule has 3 N–H and O–H groups in total. The highest BCUT2D eigenvalue weighted by Gasteiger charge is 2.17. The van der Waals surface area contributed by atoms with E-state index < -0.39 is 0 Å². The summed E-state index contributed by atoms with van der Waals surface area (Å²) in [6.07, 6.45) is 4.38. The Morgan fingerprint density at radius 3 is 2.67 bits per heavy atom. The Morgan fingerprint density at radius 1 is 1.29 bits per heavy atom. The number of carbonyl (C=O) groups excluding carboxylic acids is 1. The van der Waals surface area contributed by atoms with E-state index in [-0.39, 0.29) is 5.91 Å². The summed E-state index contributed by atoms with van der Waals surface area (Å²) in [5, 5.41) is 2.88. The topological polar surface area (TPSA) is 58.4 Å². The molecule has 116 valence electrons. The predicted molar refractivity (Wildman–Crippen MR) is 85.7 cm³/mol. The van der Waals surface area contributed by atoms with Gasteiger partial charge in [0.1, 0.15) is 0 Å². The molecule has 1 unspecified atom stereocenters. The van der Waals surface area contributed by atoms with Gasteiger partial charge in [-0.2, -0.15) is 0 Å². The summed E-state index contributed by atoms with van der Waals surface area (Å²) in [5.41, 5.74) is 7.84. The normalized spacial score (nSPS) is 19.4. The van der Waals surface area contributed by atoms with Gasteiger partial charge >= 0.3 is 0 Å². The van der Waals surface area contributed by atoms with E-state index in [9.17, 15) is 4.79 Å². The molecule has 1 aromatic carbocycles. The van der Waals surface area contributed by atoms with Gasteiger partial charge < -0.3 is 11.1 Å². The van der Waals surface area contributed by atoms with Crippen molar-refractivity contribution in [2.24, 2.45) is 5.73 Å². The smallest absolute Gasteiger partial charge is 0.221 e. The predicted octanol–water partition coefficient (Wildman–Crippen LogP) is 2.03. The Bertz CT molecular complexity index is 444. The second-order valence-corrected chi connectivity index (χ2v) is 5.95. The second-order valence-electron chi connectivity index (χ2n) is 5.95. The summed E-state index contributed by atoms with van der Waals surface area (Å²) in [4.78, 5) is 13.9. The molecule has 0 aliphatic carbocycles. The van der Waals surface area contributed by atoms with Gasteiger partial charge in [-0.1, -0.05) is 30.7 Å². The van der Waals surface area contributed by atoms with Gasteiger partial charge in [0, 0.05) is 32.1 Å². The van der Waals surface area contributed by atoms with E-state index in [1.165, 1.54) is 31.4 Å². The van der Waals surface area contributed by atoms with Crippen molar-refractivity contribution < 1.29 is 4.79 Å². The summed E-state index contributed by atoms with van der Waals surface area (Å²) in [7, 11) is 0. The minimum Gasteiger partial charge on any atom is -0.352 e. The van der Waals surface area contributed by atoms with Gasteiger partial charge in [-0.25, -0.2) is 0 Å². The monoisotopic (exact) mass is 289 g/mol. The highest BCUT2D eigenvalue weighted by Crippen LogP contribution is 2.19. The SMILES string of the molecule is CC1CCCCN1Cc1ccc(CNC(=O)CCN)cc1. The highest BCUT2D eigenvalue weighted by molar-refractivity contribution is 5.76. The highest BCUT2D eigenvalue weighted by atomic mass is 16.1. The van der Waals surface area contributed by atoms with Crippen molar-refractivity contribution in [3.63, 3.8) is 0 Å². The fraction of sp³-hybridized carbons (Fsp3) is 0.588. The molecule has 1 aliphatic heterocycles. The van der Waals surface area contributed by atoms with Gasteiger partial charge in [0.05, 0.1) is 0 Å². The number of amides is 1. The van der Waals surface area contributed by atoms with E-state index in [1.54, 1.807) is 0 Å². The number of nitrogens with one attached hydrogen (secondary N) is 1. The van der Waals surface area contributed by atoms with Crippen molar-refractivity contribution in [1.82, 2.24) is 10.2 Å². The molecule has 0 spiro atoms. The zero-order valence-electron chi connectivity index (χ0n) is 13.0. The molecule has 21 heavy (non-hydrogen) atoms. The number of piperidine rings is 1. The number of hydrogen-bond acceptors (Lipinski definition) is 3. The van der Waals surface area contributed by atoms with E-state index in [0.29, 0.717) is 25.6 Å². The van der Waals surface area contributed by atoms with Gasteiger partial charge in [0.2, 0.25) is 5.91 Å². The van der Waals surface area contributed by atoms with Crippen molar-refractivity contribution in [1.29, 1.82) is 0 Å². The number of rotatable bonds is 6. The summed E-state index contributed by atoms with van der Waals surface area (Å²) in [5.74, 6) is 0.0173. The van der Waals surface area contributed by atoms with E-state index in [2.05, 4.69) is 41.4 Å². The third-order valence-electron chi connectivity index (χ3n) is 4.21. The van der Waals surface area contributed by atoms with Crippen molar-refractivity contribution in [2.75, 3.05) is 13.1 Å². The van der Waals surface area contributed by atoms with Crippen LogP contribution in [0.15, 0.2) is 24.3 Å². The Morgan fingerprint density at radius 2 is 2.00 bits per heavy atom. The largest absolute Gasteiger partial charge is 0.352 e. The number of carbonyl (C=O) groups is 1. The second kappa shape index (κ2) is 8.15. The number of benzene rings is 1. The Hall–Kier alpha value is -1.39. The van der Waals surface area contributed by atoms with Crippen LogP contribution in [0, 0.1) is 0 Å². The molecule has 1 heterocycles. The fourth-order valence-electron chi connectivity index (χ4n) is 2.81. The number of nitrogens with zero attached hydrogens (tertiary/aromatic N) is 1. The summed E-state index contributed by atoms with van der Waals surface area (Å²) in [6, 6.07) is 9.24. The maximum atomic E-state index is 11.4.